The Morgan fingerprint density at radius 3 is 2.26 bits per heavy atom. The van der Waals surface area contributed by atoms with E-state index in [1.807, 2.05) is 0 Å². The zero-order chi connectivity index (χ0) is 14.5. The molecule has 110 valence electrons. The van der Waals surface area contributed by atoms with Gasteiger partial charge in [-0.25, -0.2) is 0 Å². The number of unbranched alkanes of at least 4 members (excludes halogenated alkanes) is 2. The lowest BCUT2D eigenvalue weighted by molar-refractivity contribution is -0.147. The fraction of sp³-hybridized carbons (Fsp3) is 0.867. The van der Waals surface area contributed by atoms with Gasteiger partial charge in [0.05, 0.1) is 5.54 Å². The molecule has 1 unspecified atom stereocenters. The maximum Gasteiger partial charge on any atom is 0.247 e. The van der Waals surface area contributed by atoms with Crippen LogP contribution in [0, 0.1) is 0 Å². The van der Waals surface area contributed by atoms with Crippen molar-refractivity contribution < 1.29 is 9.59 Å². The van der Waals surface area contributed by atoms with Crippen molar-refractivity contribution in [2.75, 3.05) is 0 Å². The van der Waals surface area contributed by atoms with Crippen molar-refractivity contribution in [1.82, 2.24) is 4.90 Å². The number of carbonyl (C=O) groups excluding carboxylic acids is 2. The minimum Gasteiger partial charge on any atom is -0.275 e. The van der Waals surface area contributed by atoms with E-state index in [-0.39, 0.29) is 17.4 Å². The van der Waals surface area contributed by atoms with Crippen molar-refractivity contribution in [1.29, 1.82) is 0 Å². The first-order valence-electron chi connectivity index (χ1n) is 7.49. The summed E-state index contributed by atoms with van der Waals surface area (Å²) in [4.78, 5) is 25.9. The molecule has 0 aromatic rings. The van der Waals surface area contributed by atoms with Crippen LogP contribution in [0.5, 0.6) is 0 Å². The minimum atomic E-state index is -0.621. The van der Waals surface area contributed by atoms with Crippen molar-refractivity contribution >= 4 is 23.4 Å². The van der Waals surface area contributed by atoms with Gasteiger partial charge in [-0.05, 0) is 26.2 Å². The Morgan fingerprint density at radius 1 is 1.32 bits per heavy atom. The van der Waals surface area contributed by atoms with Crippen LogP contribution in [0.25, 0.3) is 0 Å². The van der Waals surface area contributed by atoms with E-state index < -0.39 is 5.38 Å². The molecule has 0 spiro atoms. The number of halogens is 1. The standard InChI is InChI=1S/C15H26ClNO2/c1-4-6-9-15(10-7-5-2)11-8-13(18)17(15)14(19)12(3)16/h12H,4-11H2,1-3H3. The van der Waals surface area contributed by atoms with E-state index >= 15 is 0 Å². The van der Waals surface area contributed by atoms with Gasteiger partial charge >= 0.3 is 0 Å². The molecule has 0 aliphatic carbocycles. The summed E-state index contributed by atoms with van der Waals surface area (Å²) >= 11 is 5.93. The number of imide groups is 1. The number of hydrogen-bond donors (Lipinski definition) is 0. The second-order valence-electron chi connectivity index (χ2n) is 5.61. The first kappa shape index (κ1) is 16.5. The third kappa shape index (κ3) is 3.71. The molecule has 1 heterocycles. The average molecular weight is 288 g/mol. The van der Waals surface area contributed by atoms with Crippen LogP contribution in [-0.2, 0) is 9.59 Å². The average Bonchev–Trinajstić information content (AvgIpc) is 2.71. The van der Waals surface area contributed by atoms with E-state index in [9.17, 15) is 9.59 Å². The highest BCUT2D eigenvalue weighted by atomic mass is 35.5. The SMILES string of the molecule is CCCCC1(CCCC)CCC(=O)N1C(=O)C(C)Cl. The first-order valence-corrected chi connectivity index (χ1v) is 7.93. The topological polar surface area (TPSA) is 37.4 Å². The minimum absolute atomic E-state index is 0.0373. The van der Waals surface area contributed by atoms with E-state index in [4.69, 9.17) is 11.6 Å². The molecule has 1 aliphatic heterocycles. The van der Waals surface area contributed by atoms with Crippen LogP contribution >= 0.6 is 11.6 Å². The molecule has 1 aliphatic rings. The number of hydrogen-bond acceptors (Lipinski definition) is 2. The maximum absolute atomic E-state index is 12.3. The summed E-state index contributed by atoms with van der Waals surface area (Å²) in [5.41, 5.74) is -0.261. The lowest BCUT2D eigenvalue weighted by Gasteiger charge is -2.38. The molecule has 1 fully saturated rings. The number of carbonyl (C=O) groups is 2. The lowest BCUT2D eigenvalue weighted by Crippen LogP contribution is -2.51. The molecule has 1 saturated heterocycles. The number of rotatable bonds is 7. The van der Waals surface area contributed by atoms with E-state index in [1.165, 1.54) is 4.90 Å². The van der Waals surface area contributed by atoms with Gasteiger partial charge in [0.25, 0.3) is 0 Å². The molecular formula is C15H26ClNO2. The van der Waals surface area contributed by atoms with Gasteiger partial charge in [-0.2, -0.15) is 0 Å². The Labute approximate surface area is 121 Å². The second kappa shape index (κ2) is 7.28. The molecular weight excluding hydrogens is 262 g/mol. The van der Waals surface area contributed by atoms with Gasteiger partial charge in [0.15, 0.2) is 0 Å². The summed E-state index contributed by atoms with van der Waals surface area (Å²) in [6.07, 6.45) is 7.41. The van der Waals surface area contributed by atoms with Gasteiger partial charge < -0.3 is 0 Å². The van der Waals surface area contributed by atoms with Crippen molar-refractivity contribution in [3.05, 3.63) is 0 Å². The Bertz CT molecular complexity index is 320. The third-order valence-corrected chi connectivity index (χ3v) is 4.27. The van der Waals surface area contributed by atoms with Gasteiger partial charge in [0, 0.05) is 6.42 Å². The van der Waals surface area contributed by atoms with Crippen LogP contribution in [0.4, 0.5) is 0 Å². The summed E-state index contributed by atoms with van der Waals surface area (Å²) in [5.74, 6) is -0.249. The van der Waals surface area contributed by atoms with Crippen LogP contribution in [0.1, 0.15) is 72.1 Å². The number of nitrogens with zero attached hydrogens (tertiary/aromatic N) is 1. The molecule has 4 heteroatoms. The molecule has 19 heavy (non-hydrogen) atoms. The number of amides is 2. The predicted octanol–water partition coefficient (Wildman–Crippen LogP) is 3.88. The summed E-state index contributed by atoms with van der Waals surface area (Å²) < 4.78 is 0. The maximum atomic E-state index is 12.3. The van der Waals surface area contributed by atoms with Gasteiger partial charge in [-0.1, -0.05) is 39.5 Å². The lowest BCUT2D eigenvalue weighted by atomic mass is 9.84. The Morgan fingerprint density at radius 2 is 1.84 bits per heavy atom. The van der Waals surface area contributed by atoms with E-state index in [0.717, 1.165) is 44.9 Å². The highest BCUT2D eigenvalue weighted by Crippen LogP contribution is 2.39. The predicted molar refractivity (Wildman–Crippen MR) is 78.2 cm³/mol. The normalized spacial score (nSPS) is 19.8. The smallest absolute Gasteiger partial charge is 0.247 e. The van der Waals surface area contributed by atoms with Crippen molar-refractivity contribution in [3.63, 3.8) is 0 Å². The molecule has 3 nitrogen and oxygen atoms in total. The third-order valence-electron chi connectivity index (χ3n) is 4.08. The van der Waals surface area contributed by atoms with Crippen LogP contribution in [0.15, 0.2) is 0 Å². The number of likely N-dealkylation sites (tertiary alicyclic amines) is 1. The largest absolute Gasteiger partial charge is 0.275 e. The van der Waals surface area contributed by atoms with Gasteiger partial charge in [0.2, 0.25) is 11.8 Å². The van der Waals surface area contributed by atoms with E-state index in [0.29, 0.717) is 6.42 Å². The fourth-order valence-corrected chi connectivity index (χ4v) is 3.07. The molecule has 1 atom stereocenters. The zero-order valence-electron chi connectivity index (χ0n) is 12.4. The molecule has 1 rings (SSSR count). The molecule has 0 radical (unpaired) electrons. The van der Waals surface area contributed by atoms with Crippen LogP contribution in [0.3, 0.4) is 0 Å². The summed E-state index contributed by atoms with van der Waals surface area (Å²) in [5, 5.41) is -0.621. The molecule has 0 aromatic carbocycles. The van der Waals surface area contributed by atoms with E-state index in [2.05, 4.69) is 13.8 Å². The Kier molecular flexibility index (Phi) is 6.31. The van der Waals surface area contributed by atoms with Crippen LogP contribution in [0.2, 0.25) is 0 Å². The second-order valence-corrected chi connectivity index (χ2v) is 6.27. The Hall–Kier alpha value is -0.570. The summed E-state index contributed by atoms with van der Waals surface area (Å²) in [7, 11) is 0. The van der Waals surface area contributed by atoms with E-state index in [1.54, 1.807) is 6.92 Å². The quantitative estimate of drug-likeness (QED) is 0.666. The molecule has 0 saturated carbocycles. The van der Waals surface area contributed by atoms with Crippen molar-refractivity contribution in [2.24, 2.45) is 0 Å². The summed E-state index contributed by atoms with van der Waals surface area (Å²) in [6.45, 7) is 5.93. The summed E-state index contributed by atoms with van der Waals surface area (Å²) in [6, 6.07) is 0. The fourth-order valence-electron chi connectivity index (χ4n) is 2.97. The van der Waals surface area contributed by atoms with Crippen LogP contribution < -0.4 is 0 Å². The number of alkyl halides is 1. The molecule has 0 N–H and O–H groups in total. The highest BCUT2D eigenvalue weighted by molar-refractivity contribution is 6.31. The Balaban J connectivity index is 2.96. The monoisotopic (exact) mass is 287 g/mol. The van der Waals surface area contributed by atoms with Crippen molar-refractivity contribution in [3.8, 4) is 0 Å². The highest BCUT2D eigenvalue weighted by Gasteiger charge is 2.48. The molecule has 0 bridgehead atoms. The van der Waals surface area contributed by atoms with Crippen LogP contribution in [-0.4, -0.2) is 27.6 Å². The first-order chi connectivity index (χ1) is 8.98. The van der Waals surface area contributed by atoms with Gasteiger partial charge in [-0.3, -0.25) is 14.5 Å². The van der Waals surface area contributed by atoms with Gasteiger partial charge in [0.1, 0.15) is 5.38 Å². The van der Waals surface area contributed by atoms with Gasteiger partial charge in [-0.15, -0.1) is 11.6 Å². The molecule has 0 aromatic heterocycles. The zero-order valence-corrected chi connectivity index (χ0v) is 13.1. The molecule has 2 amide bonds. The van der Waals surface area contributed by atoms with Crippen molar-refractivity contribution in [2.45, 2.75) is 83.1 Å².